The molecule has 0 saturated heterocycles. The molecule has 2 unspecified atom stereocenters. The van der Waals surface area contributed by atoms with Crippen LogP contribution in [0.15, 0.2) is 12.1 Å². The van der Waals surface area contributed by atoms with Gasteiger partial charge >= 0.3 is 0 Å². The van der Waals surface area contributed by atoms with Gasteiger partial charge in [-0.3, -0.25) is 4.79 Å². The molecule has 0 aromatic heterocycles. The monoisotopic (exact) mass is 294 g/mol. The number of aromatic hydroxyl groups is 1. The van der Waals surface area contributed by atoms with Crippen molar-refractivity contribution in [3.05, 3.63) is 28.5 Å². The van der Waals surface area contributed by atoms with Crippen LogP contribution in [0.4, 0.5) is 4.39 Å². The lowest BCUT2D eigenvalue weighted by atomic mass is 10.0. The second-order valence-electron chi connectivity index (χ2n) is 3.64. The zero-order valence-electron chi connectivity index (χ0n) is 9.43. The molecule has 0 spiro atoms. The average Bonchev–Trinajstić information content (AvgIpc) is 2.29. The first-order chi connectivity index (χ1) is 8.32. The highest BCUT2D eigenvalue weighted by atomic mass is 35.5. The first-order valence-electron chi connectivity index (χ1n) is 5.00. The molecule has 18 heavy (non-hydrogen) atoms. The molecule has 1 rings (SSSR count). The summed E-state index contributed by atoms with van der Waals surface area (Å²) < 4.78 is 13.2. The number of aliphatic hydroxyl groups excluding tert-OH is 2. The maximum atomic E-state index is 13.2. The number of rotatable bonds is 4. The number of phenolic OH excluding ortho intramolecular Hbond substituents is 1. The molecular formula is C11H12ClFO4S. The van der Waals surface area contributed by atoms with E-state index in [2.05, 4.69) is 0 Å². The molecule has 0 fully saturated rings. The van der Waals surface area contributed by atoms with Crippen LogP contribution in [0.1, 0.15) is 18.6 Å². The first-order valence-corrected chi connectivity index (χ1v) is 6.36. The molecule has 0 radical (unpaired) electrons. The number of halogens is 2. The molecule has 0 amide bonds. The van der Waals surface area contributed by atoms with Crippen LogP contribution in [0.2, 0.25) is 5.02 Å². The summed E-state index contributed by atoms with van der Waals surface area (Å²) in [5.41, 5.74) is -0.211. The Kier molecular flexibility index (Phi) is 5.40. The first kappa shape index (κ1) is 15.2. The zero-order chi connectivity index (χ0) is 13.9. The van der Waals surface area contributed by atoms with Gasteiger partial charge in [0, 0.05) is 23.3 Å². The average molecular weight is 295 g/mol. The van der Waals surface area contributed by atoms with Gasteiger partial charge in [-0.1, -0.05) is 23.4 Å². The van der Waals surface area contributed by atoms with E-state index in [0.29, 0.717) is 0 Å². The molecule has 0 aliphatic rings. The predicted octanol–water partition coefficient (Wildman–Crippen LogP) is 1.86. The summed E-state index contributed by atoms with van der Waals surface area (Å²) in [6.07, 6.45) is -2.84. The number of carbonyl (C=O) groups excluding carboxylic acids is 1. The van der Waals surface area contributed by atoms with Crippen LogP contribution in [0.5, 0.6) is 5.75 Å². The van der Waals surface area contributed by atoms with Crippen LogP contribution in [-0.4, -0.2) is 32.3 Å². The van der Waals surface area contributed by atoms with E-state index in [1.807, 2.05) is 0 Å². The van der Waals surface area contributed by atoms with E-state index in [0.717, 1.165) is 23.9 Å². The number of aliphatic hydroxyl groups is 2. The Morgan fingerprint density at radius 1 is 1.50 bits per heavy atom. The molecule has 0 aliphatic heterocycles. The maximum absolute atomic E-state index is 13.2. The summed E-state index contributed by atoms with van der Waals surface area (Å²) >= 11 is 6.41. The Hall–Kier alpha value is -0.820. The van der Waals surface area contributed by atoms with Crippen molar-refractivity contribution in [1.82, 2.24) is 0 Å². The second-order valence-corrected chi connectivity index (χ2v) is 5.27. The number of benzene rings is 1. The van der Waals surface area contributed by atoms with E-state index in [1.165, 1.54) is 6.92 Å². The minimum absolute atomic E-state index is 0.00855. The van der Waals surface area contributed by atoms with Gasteiger partial charge in [-0.15, -0.1) is 0 Å². The Labute approximate surface area is 112 Å². The Balaban J connectivity index is 2.89. The van der Waals surface area contributed by atoms with Crippen molar-refractivity contribution in [1.29, 1.82) is 0 Å². The summed E-state index contributed by atoms with van der Waals surface area (Å²) in [7, 11) is 0. The quantitative estimate of drug-likeness (QED) is 0.790. The van der Waals surface area contributed by atoms with E-state index < -0.39 is 23.8 Å². The van der Waals surface area contributed by atoms with E-state index >= 15 is 0 Å². The summed E-state index contributed by atoms with van der Waals surface area (Å²) in [6, 6.07) is 2.05. The lowest BCUT2D eigenvalue weighted by Gasteiger charge is -2.18. The van der Waals surface area contributed by atoms with E-state index in [-0.39, 0.29) is 21.5 Å². The summed E-state index contributed by atoms with van der Waals surface area (Å²) in [5.74, 6) is -1.81. The van der Waals surface area contributed by atoms with Gasteiger partial charge in [0.25, 0.3) is 0 Å². The Morgan fingerprint density at radius 2 is 2.11 bits per heavy atom. The van der Waals surface area contributed by atoms with Crippen LogP contribution >= 0.6 is 23.4 Å². The van der Waals surface area contributed by atoms with Crippen molar-refractivity contribution in [2.45, 2.75) is 19.1 Å². The number of carbonyl (C=O) groups is 1. The highest BCUT2D eigenvalue weighted by Crippen LogP contribution is 2.32. The van der Waals surface area contributed by atoms with E-state index in [9.17, 15) is 24.5 Å². The normalized spacial score (nSPS) is 14.3. The van der Waals surface area contributed by atoms with Crippen molar-refractivity contribution in [3.63, 3.8) is 0 Å². The zero-order valence-corrected chi connectivity index (χ0v) is 11.0. The third-order valence-electron chi connectivity index (χ3n) is 2.20. The van der Waals surface area contributed by atoms with Crippen molar-refractivity contribution in [3.8, 4) is 5.75 Å². The fraction of sp³-hybridized carbons (Fsp3) is 0.364. The molecule has 100 valence electrons. The van der Waals surface area contributed by atoms with Gasteiger partial charge in [-0.05, 0) is 12.1 Å². The minimum atomic E-state index is -1.52. The molecule has 0 saturated carbocycles. The van der Waals surface area contributed by atoms with Gasteiger partial charge in [0.2, 0.25) is 0 Å². The lowest BCUT2D eigenvalue weighted by Crippen LogP contribution is -2.21. The van der Waals surface area contributed by atoms with Crippen molar-refractivity contribution < 1.29 is 24.5 Å². The largest absolute Gasteiger partial charge is 0.505 e. The summed E-state index contributed by atoms with van der Waals surface area (Å²) in [5, 5.41) is 28.6. The van der Waals surface area contributed by atoms with E-state index in [1.54, 1.807) is 0 Å². The molecule has 3 N–H and O–H groups in total. The Morgan fingerprint density at radius 3 is 2.67 bits per heavy atom. The molecule has 7 heteroatoms. The lowest BCUT2D eigenvalue weighted by molar-refractivity contribution is -0.109. The number of phenols is 1. The van der Waals surface area contributed by atoms with Crippen LogP contribution in [0.25, 0.3) is 0 Å². The topological polar surface area (TPSA) is 77.8 Å². The van der Waals surface area contributed by atoms with E-state index in [4.69, 9.17) is 11.6 Å². The third kappa shape index (κ3) is 3.84. The number of thioether (sulfide) groups is 1. The highest BCUT2D eigenvalue weighted by Gasteiger charge is 2.24. The summed E-state index contributed by atoms with van der Waals surface area (Å²) in [4.78, 5) is 10.7. The fourth-order valence-corrected chi connectivity index (χ4v) is 2.11. The van der Waals surface area contributed by atoms with Crippen LogP contribution < -0.4 is 0 Å². The molecule has 1 aromatic rings. The fourth-order valence-electron chi connectivity index (χ4n) is 1.31. The van der Waals surface area contributed by atoms with Gasteiger partial charge in [0.15, 0.2) is 16.7 Å². The second kappa shape index (κ2) is 6.38. The number of hydrogen-bond acceptors (Lipinski definition) is 5. The minimum Gasteiger partial charge on any atom is -0.505 e. The molecular weight excluding hydrogens is 283 g/mol. The molecule has 0 bridgehead atoms. The molecule has 1 aromatic carbocycles. The van der Waals surface area contributed by atoms with Gasteiger partial charge in [0.05, 0.1) is 6.10 Å². The standard InChI is InChI=1S/C11H12ClFO4S/c1-5(14)18-4-9(15)11(17)7-2-6(12)3-8(13)10(7)16/h2-3,9,11,15-17H,4H2,1H3. The van der Waals surface area contributed by atoms with Crippen LogP contribution in [0, 0.1) is 5.82 Å². The molecule has 0 heterocycles. The van der Waals surface area contributed by atoms with Gasteiger partial charge in [-0.2, -0.15) is 0 Å². The third-order valence-corrected chi connectivity index (χ3v) is 3.33. The van der Waals surface area contributed by atoms with Crippen LogP contribution in [-0.2, 0) is 4.79 Å². The van der Waals surface area contributed by atoms with Crippen molar-refractivity contribution >= 4 is 28.5 Å². The SMILES string of the molecule is CC(=O)SCC(O)C(O)c1cc(Cl)cc(F)c1O. The molecule has 4 nitrogen and oxygen atoms in total. The maximum Gasteiger partial charge on any atom is 0.185 e. The van der Waals surface area contributed by atoms with Crippen LogP contribution in [0.3, 0.4) is 0 Å². The van der Waals surface area contributed by atoms with Crippen molar-refractivity contribution in [2.24, 2.45) is 0 Å². The van der Waals surface area contributed by atoms with Gasteiger partial charge in [-0.25, -0.2) is 4.39 Å². The van der Waals surface area contributed by atoms with Gasteiger partial charge in [0.1, 0.15) is 6.10 Å². The predicted molar refractivity (Wildman–Crippen MR) is 67.2 cm³/mol. The number of hydrogen-bond donors (Lipinski definition) is 3. The molecule has 2 atom stereocenters. The molecule has 0 aliphatic carbocycles. The van der Waals surface area contributed by atoms with Gasteiger partial charge < -0.3 is 15.3 Å². The summed E-state index contributed by atoms with van der Waals surface area (Å²) in [6.45, 7) is 1.32. The highest BCUT2D eigenvalue weighted by molar-refractivity contribution is 8.13. The Bertz CT molecular complexity index is 455. The smallest absolute Gasteiger partial charge is 0.185 e. The van der Waals surface area contributed by atoms with Crippen molar-refractivity contribution in [2.75, 3.05) is 5.75 Å².